The zero-order chi connectivity index (χ0) is 13.1. The molecule has 5 heteroatoms. The van der Waals surface area contributed by atoms with Gasteiger partial charge in [0.15, 0.2) is 0 Å². The summed E-state index contributed by atoms with van der Waals surface area (Å²) >= 11 is 0. The first-order chi connectivity index (χ1) is 9.32. The second-order valence-electron chi connectivity index (χ2n) is 6.06. The van der Waals surface area contributed by atoms with Gasteiger partial charge in [0.05, 0.1) is 0 Å². The fraction of sp³-hybridized carbons (Fsp3) is 0.625. The third-order valence-corrected chi connectivity index (χ3v) is 4.91. The predicted octanol–water partition coefficient (Wildman–Crippen LogP) is 2.72. The van der Waals surface area contributed by atoms with E-state index in [1.54, 1.807) is 0 Å². The standard InChI is InChI=1S/C16H24N2O.2ClH/c17-10-15-12-18(11-14-4-2-1-3-5-14)13-16(15)6-8-19-9-7-16;;/h1-5,15H,6-13,17H2;2*1H. The van der Waals surface area contributed by atoms with Gasteiger partial charge in [0.25, 0.3) is 0 Å². The summed E-state index contributed by atoms with van der Waals surface area (Å²) in [7, 11) is 0. The molecule has 1 spiro atoms. The fourth-order valence-corrected chi connectivity index (χ4v) is 3.78. The summed E-state index contributed by atoms with van der Waals surface area (Å²) in [5.74, 6) is 0.639. The molecule has 0 aromatic heterocycles. The summed E-state index contributed by atoms with van der Waals surface area (Å²) in [6.07, 6.45) is 2.36. The van der Waals surface area contributed by atoms with E-state index in [2.05, 4.69) is 35.2 Å². The van der Waals surface area contributed by atoms with E-state index in [1.807, 2.05) is 0 Å². The molecular weight excluding hydrogens is 307 g/mol. The summed E-state index contributed by atoms with van der Waals surface area (Å²) < 4.78 is 5.54. The van der Waals surface area contributed by atoms with Crippen LogP contribution in [0.5, 0.6) is 0 Å². The Morgan fingerprint density at radius 3 is 2.43 bits per heavy atom. The molecule has 3 nitrogen and oxygen atoms in total. The van der Waals surface area contributed by atoms with Gasteiger partial charge in [-0.1, -0.05) is 30.3 Å². The molecule has 0 aliphatic carbocycles. The van der Waals surface area contributed by atoms with Gasteiger partial charge in [0.1, 0.15) is 0 Å². The van der Waals surface area contributed by atoms with Crippen LogP contribution in [-0.4, -0.2) is 37.7 Å². The van der Waals surface area contributed by atoms with Crippen molar-refractivity contribution in [1.29, 1.82) is 0 Å². The average molecular weight is 333 g/mol. The molecule has 0 amide bonds. The van der Waals surface area contributed by atoms with Crippen LogP contribution >= 0.6 is 24.8 Å². The molecule has 2 fully saturated rings. The number of hydrogen-bond acceptors (Lipinski definition) is 3. The number of rotatable bonds is 3. The highest BCUT2D eigenvalue weighted by Crippen LogP contribution is 2.44. The summed E-state index contributed by atoms with van der Waals surface area (Å²) in [4.78, 5) is 2.58. The van der Waals surface area contributed by atoms with E-state index >= 15 is 0 Å². The molecule has 1 aromatic rings. The van der Waals surface area contributed by atoms with Crippen LogP contribution < -0.4 is 5.73 Å². The maximum Gasteiger partial charge on any atom is 0.0471 e. The summed E-state index contributed by atoms with van der Waals surface area (Å²) in [5.41, 5.74) is 7.85. The molecule has 2 saturated heterocycles. The number of likely N-dealkylation sites (tertiary alicyclic amines) is 1. The van der Waals surface area contributed by atoms with Crippen LogP contribution in [0.4, 0.5) is 0 Å². The lowest BCUT2D eigenvalue weighted by Gasteiger charge is -2.37. The molecule has 2 aliphatic rings. The van der Waals surface area contributed by atoms with Crippen molar-refractivity contribution in [3.63, 3.8) is 0 Å². The van der Waals surface area contributed by atoms with Crippen LogP contribution in [0.15, 0.2) is 30.3 Å². The predicted molar refractivity (Wildman–Crippen MR) is 91.2 cm³/mol. The first kappa shape index (κ1) is 18.7. The second-order valence-corrected chi connectivity index (χ2v) is 6.06. The lowest BCUT2D eigenvalue weighted by molar-refractivity contribution is 0.00103. The highest BCUT2D eigenvalue weighted by molar-refractivity contribution is 5.85. The van der Waals surface area contributed by atoms with E-state index in [0.29, 0.717) is 11.3 Å². The SMILES string of the molecule is Cl.Cl.NCC1CN(Cc2ccccc2)CC12CCOCC2. The number of ether oxygens (including phenoxy) is 1. The second kappa shape index (κ2) is 8.35. The number of halogens is 2. The molecule has 2 heterocycles. The Hall–Kier alpha value is -0.320. The maximum absolute atomic E-state index is 6.03. The van der Waals surface area contributed by atoms with Crippen LogP contribution in [0.25, 0.3) is 0 Å². The van der Waals surface area contributed by atoms with Gasteiger partial charge in [-0.05, 0) is 36.3 Å². The van der Waals surface area contributed by atoms with E-state index in [0.717, 1.165) is 32.8 Å². The third-order valence-electron chi connectivity index (χ3n) is 4.91. The van der Waals surface area contributed by atoms with Crippen molar-refractivity contribution in [3.05, 3.63) is 35.9 Å². The number of nitrogens with two attached hydrogens (primary N) is 1. The molecular formula is C16H26Cl2N2O. The zero-order valence-corrected chi connectivity index (χ0v) is 14.0. The van der Waals surface area contributed by atoms with Crippen LogP contribution in [-0.2, 0) is 11.3 Å². The van der Waals surface area contributed by atoms with Crippen LogP contribution in [0.3, 0.4) is 0 Å². The van der Waals surface area contributed by atoms with Gasteiger partial charge in [-0.25, -0.2) is 0 Å². The highest BCUT2D eigenvalue weighted by Gasteiger charge is 2.46. The summed E-state index contributed by atoms with van der Waals surface area (Å²) in [6, 6.07) is 10.8. The Balaban J connectivity index is 0.00000110. The smallest absolute Gasteiger partial charge is 0.0471 e. The van der Waals surface area contributed by atoms with Crippen LogP contribution in [0, 0.1) is 11.3 Å². The van der Waals surface area contributed by atoms with Gasteiger partial charge < -0.3 is 10.5 Å². The maximum atomic E-state index is 6.03. The highest BCUT2D eigenvalue weighted by atomic mass is 35.5. The molecule has 1 atom stereocenters. The van der Waals surface area contributed by atoms with Gasteiger partial charge in [0.2, 0.25) is 0 Å². The van der Waals surface area contributed by atoms with Gasteiger partial charge >= 0.3 is 0 Å². The summed E-state index contributed by atoms with van der Waals surface area (Å²) in [5, 5.41) is 0. The number of benzene rings is 1. The van der Waals surface area contributed by atoms with Crippen LogP contribution in [0.2, 0.25) is 0 Å². The van der Waals surface area contributed by atoms with E-state index in [-0.39, 0.29) is 24.8 Å². The van der Waals surface area contributed by atoms with E-state index in [4.69, 9.17) is 10.5 Å². The molecule has 3 rings (SSSR count). The molecule has 0 bridgehead atoms. The molecule has 120 valence electrons. The Morgan fingerprint density at radius 2 is 1.81 bits per heavy atom. The Labute approximate surface area is 140 Å². The fourth-order valence-electron chi connectivity index (χ4n) is 3.78. The van der Waals surface area contributed by atoms with Crippen molar-refractivity contribution >= 4 is 24.8 Å². The normalized spacial score (nSPS) is 24.3. The number of nitrogens with zero attached hydrogens (tertiary/aromatic N) is 1. The Bertz CT molecular complexity index is 410. The number of hydrogen-bond donors (Lipinski definition) is 1. The Morgan fingerprint density at radius 1 is 1.14 bits per heavy atom. The average Bonchev–Trinajstić information content (AvgIpc) is 2.78. The third kappa shape index (κ3) is 4.11. The van der Waals surface area contributed by atoms with E-state index in [9.17, 15) is 0 Å². The molecule has 0 radical (unpaired) electrons. The topological polar surface area (TPSA) is 38.5 Å². The van der Waals surface area contributed by atoms with Crippen LogP contribution in [0.1, 0.15) is 18.4 Å². The van der Waals surface area contributed by atoms with Gasteiger partial charge in [-0.2, -0.15) is 0 Å². The minimum Gasteiger partial charge on any atom is -0.381 e. The largest absolute Gasteiger partial charge is 0.381 e. The molecule has 1 aromatic carbocycles. The van der Waals surface area contributed by atoms with Gasteiger partial charge in [-0.3, -0.25) is 4.90 Å². The van der Waals surface area contributed by atoms with Crippen molar-refractivity contribution in [2.75, 3.05) is 32.8 Å². The van der Waals surface area contributed by atoms with Crippen molar-refractivity contribution < 1.29 is 4.74 Å². The minimum absolute atomic E-state index is 0. The monoisotopic (exact) mass is 332 g/mol. The lowest BCUT2D eigenvalue weighted by Crippen LogP contribution is -2.39. The molecule has 2 N–H and O–H groups in total. The minimum atomic E-state index is 0. The van der Waals surface area contributed by atoms with Crippen molar-refractivity contribution in [2.45, 2.75) is 19.4 Å². The molecule has 0 saturated carbocycles. The van der Waals surface area contributed by atoms with Crippen molar-refractivity contribution in [2.24, 2.45) is 17.1 Å². The van der Waals surface area contributed by atoms with Gasteiger partial charge in [0, 0.05) is 32.8 Å². The lowest BCUT2D eigenvalue weighted by atomic mass is 9.72. The first-order valence-corrected chi connectivity index (χ1v) is 7.36. The molecule has 21 heavy (non-hydrogen) atoms. The van der Waals surface area contributed by atoms with E-state index in [1.165, 1.54) is 24.9 Å². The van der Waals surface area contributed by atoms with Crippen molar-refractivity contribution in [1.82, 2.24) is 4.90 Å². The Kier molecular flexibility index (Phi) is 7.45. The molecule has 1 unspecified atom stereocenters. The summed E-state index contributed by atoms with van der Waals surface area (Å²) in [6.45, 7) is 6.02. The quantitative estimate of drug-likeness (QED) is 0.924. The molecule has 2 aliphatic heterocycles. The van der Waals surface area contributed by atoms with Gasteiger partial charge in [-0.15, -0.1) is 24.8 Å². The van der Waals surface area contributed by atoms with Crippen molar-refractivity contribution in [3.8, 4) is 0 Å². The zero-order valence-electron chi connectivity index (χ0n) is 12.4. The van der Waals surface area contributed by atoms with E-state index < -0.39 is 0 Å². The first-order valence-electron chi connectivity index (χ1n) is 7.36.